The van der Waals surface area contributed by atoms with Crippen LogP contribution in [0.5, 0.6) is 0 Å². The molecule has 0 aliphatic rings. The molecule has 9 heteroatoms. The van der Waals surface area contributed by atoms with Gasteiger partial charge in [-0.1, -0.05) is 11.6 Å². The molecular formula is C13H12ClN5O3. The van der Waals surface area contributed by atoms with E-state index in [9.17, 15) is 14.4 Å². The number of hydrogen-bond donors (Lipinski definition) is 3. The highest BCUT2D eigenvalue weighted by Crippen LogP contribution is 2.13. The molecule has 0 bridgehead atoms. The Bertz CT molecular complexity index is 712. The molecule has 0 saturated heterocycles. The highest BCUT2D eigenvalue weighted by atomic mass is 35.5. The molecule has 0 spiro atoms. The summed E-state index contributed by atoms with van der Waals surface area (Å²) < 4.78 is 1.44. The maximum absolute atomic E-state index is 12.0. The van der Waals surface area contributed by atoms with E-state index in [1.807, 2.05) is 0 Å². The van der Waals surface area contributed by atoms with Crippen LogP contribution < -0.4 is 16.8 Å². The molecule has 5 N–H and O–H groups in total. The van der Waals surface area contributed by atoms with Gasteiger partial charge in [-0.3, -0.25) is 14.4 Å². The number of aromatic nitrogens is 2. The lowest BCUT2D eigenvalue weighted by molar-refractivity contribution is -0.128. The molecule has 22 heavy (non-hydrogen) atoms. The second kappa shape index (κ2) is 6.27. The molecular weight excluding hydrogens is 310 g/mol. The van der Waals surface area contributed by atoms with Gasteiger partial charge >= 0.3 is 0 Å². The summed E-state index contributed by atoms with van der Waals surface area (Å²) in [7, 11) is 0. The average molecular weight is 322 g/mol. The van der Waals surface area contributed by atoms with E-state index in [1.165, 1.54) is 17.1 Å². The Morgan fingerprint density at radius 3 is 2.27 bits per heavy atom. The first-order valence-corrected chi connectivity index (χ1v) is 6.46. The summed E-state index contributed by atoms with van der Waals surface area (Å²) in [5, 5.41) is 6.73. The Morgan fingerprint density at radius 2 is 1.73 bits per heavy atom. The molecule has 114 valence electrons. The fourth-order valence-corrected chi connectivity index (χ4v) is 1.80. The van der Waals surface area contributed by atoms with Crippen molar-refractivity contribution < 1.29 is 14.4 Å². The van der Waals surface area contributed by atoms with Gasteiger partial charge in [0.2, 0.25) is 11.8 Å². The summed E-state index contributed by atoms with van der Waals surface area (Å²) >= 11 is 5.79. The summed E-state index contributed by atoms with van der Waals surface area (Å²) in [5.74, 6) is -2.76. The van der Waals surface area contributed by atoms with Crippen LogP contribution in [0, 0.1) is 0 Å². The van der Waals surface area contributed by atoms with Gasteiger partial charge < -0.3 is 16.8 Å². The Kier molecular flexibility index (Phi) is 4.42. The minimum atomic E-state index is -1.58. The van der Waals surface area contributed by atoms with Gasteiger partial charge in [-0.15, -0.1) is 0 Å². The number of carbonyl (C=O) groups excluding carboxylic acids is 3. The Labute approximate surface area is 130 Å². The van der Waals surface area contributed by atoms with Crippen molar-refractivity contribution in [1.82, 2.24) is 15.1 Å². The smallest absolute Gasteiger partial charge is 0.255 e. The largest absolute Gasteiger partial charge is 0.367 e. The predicted molar refractivity (Wildman–Crippen MR) is 78.2 cm³/mol. The Balaban J connectivity index is 2.17. The maximum Gasteiger partial charge on any atom is 0.255 e. The molecule has 0 saturated carbocycles. The standard InChI is InChI=1S/C13H12ClN5O3/c14-8-1-3-9(4-2-8)19-6-7(5-17-19)13(22)18-10(11(15)20)12(16)21/h1-6,10H,(H2,15,20)(H2,16,21)(H,18,22). The minimum Gasteiger partial charge on any atom is -0.367 e. The van der Waals surface area contributed by atoms with E-state index in [4.69, 9.17) is 23.1 Å². The van der Waals surface area contributed by atoms with Crippen molar-refractivity contribution in [3.63, 3.8) is 0 Å². The highest BCUT2D eigenvalue weighted by Gasteiger charge is 2.24. The van der Waals surface area contributed by atoms with Crippen LogP contribution in [0.2, 0.25) is 5.02 Å². The molecule has 1 aromatic heterocycles. The number of rotatable bonds is 5. The zero-order valence-corrected chi connectivity index (χ0v) is 11.9. The van der Waals surface area contributed by atoms with Crippen molar-refractivity contribution in [1.29, 1.82) is 0 Å². The minimum absolute atomic E-state index is 0.141. The van der Waals surface area contributed by atoms with E-state index in [1.54, 1.807) is 24.3 Å². The molecule has 1 heterocycles. The molecule has 1 aromatic carbocycles. The molecule has 8 nitrogen and oxygen atoms in total. The van der Waals surface area contributed by atoms with Gasteiger partial charge in [-0.25, -0.2) is 4.68 Å². The van der Waals surface area contributed by atoms with Crippen LogP contribution in [0.3, 0.4) is 0 Å². The molecule has 2 rings (SSSR count). The number of amides is 3. The SMILES string of the molecule is NC(=O)C(NC(=O)c1cnn(-c2ccc(Cl)cc2)c1)C(N)=O. The number of carbonyl (C=O) groups is 3. The zero-order valence-electron chi connectivity index (χ0n) is 11.2. The van der Waals surface area contributed by atoms with E-state index in [0.717, 1.165) is 0 Å². The maximum atomic E-state index is 12.0. The fourth-order valence-electron chi connectivity index (χ4n) is 1.67. The van der Waals surface area contributed by atoms with E-state index < -0.39 is 23.8 Å². The quantitative estimate of drug-likeness (QED) is 0.646. The zero-order chi connectivity index (χ0) is 16.3. The van der Waals surface area contributed by atoms with Gasteiger partial charge in [0.15, 0.2) is 6.04 Å². The molecule has 0 atom stereocenters. The van der Waals surface area contributed by atoms with E-state index in [0.29, 0.717) is 10.7 Å². The lowest BCUT2D eigenvalue weighted by Gasteiger charge is -2.10. The van der Waals surface area contributed by atoms with Gasteiger partial charge in [0.25, 0.3) is 5.91 Å². The fraction of sp³-hybridized carbons (Fsp3) is 0.0769. The third-order valence-electron chi connectivity index (χ3n) is 2.78. The number of nitrogens with two attached hydrogens (primary N) is 2. The highest BCUT2D eigenvalue weighted by molar-refractivity contribution is 6.30. The summed E-state index contributed by atoms with van der Waals surface area (Å²) in [4.78, 5) is 34.0. The molecule has 0 radical (unpaired) electrons. The van der Waals surface area contributed by atoms with Crippen LogP contribution >= 0.6 is 11.6 Å². The topological polar surface area (TPSA) is 133 Å². The van der Waals surface area contributed by atoms with Crippen LogP contribution in [-0.2, 0) is 9.59 Å². The summed E-state index contributed by atoms with van der Waals surface area (Å²) in [6.07, 6.45) is 2.71. The summed E-state index contributed by atoms with van der Waals surface area (Å²) in [6, 6.07) is 5.20. The molecule has 0 aliphatic carbocycles. The lowest BCUT2D eigenvalue weighted by Crippen LogP contribution is -2.52. The van der Waals surface area contributed by atoms with E-state index in [-0.39, 0.29) is 5.56 Å². The van der Waals surface area contributed by atoms with Crippen molar-refractivity contribution >= 4 is 29.3 Å². The van der Waals surface area contributed by atoms with E-state index >= 15 is 0 Å². The normalized spacial score (nSPS) is 10.5. The third kappa shape index (κ3) is 3.41. The number of primary amides is 2. The van der Waals surface area contributed by atoms with Gasteiger partial charge in [0.1, 0.15) is 0 Å². The van der Waals surface area contributed by atoms with Crippen LogP contribution in [-0.4, -0.2) is 33.5 Å². The second-order valence-corrected chi connectivity index (χ2v) is 4.80. The monoisotopic (exact) mass is 321 g/mol. The number of nitrogens with zero attached hydrogens (tertiary/aromatic N) is 2. The Morgan fingerprint density at radius 1 is 1.14 bits per heavy atom. The Hall–Kier alpha value is -2.87. The molecule has 0 fully saturated rings. The average Bonchev–Trinajstić information content (AvgIpc) is 2.94. The van der Waals surface area contributed by atoms with Gasteiger partial charge in [0, 0.05) is 11.2 Å². The van der Waals surface area contributed by atoms with Crippen LogP contribution in [0.25, 0.3) is 5.69 Å². The second-order valence-electron chi connectivity index (χ2n) is 4.36. The van der Waals surface area contributed by atoms with Crippen molar-refractivity contribution in [2.24, 2.45) is 11.5 Å². The number of hydrogen-bond acceptors (Lipinski definition) is 4. The van der Waals surface area contributed by atoms with Crippen molar-refractivity contribution in [3.05, 3.63) is 47.2 Å². The van der Waals surface area contributed by atoms with Crippen molar-refractivity contribution in [3.8, 4) is 5.69 Å². The van der Waals surface area contributed by atoms with Gasteiger partial charge in [-0.2, -0.15) is 5.10 Å². The van der Waals surface area contributed by atoms with Gasteiger partial charge in [0.05, 0.1) is 17.4 Å². The first kappa shape index (κ1) is 15.5. The van der Waals surface area contributed by atoms with E-state index in [2.05, 4.69) is 10.4 Å². The van der Waals surface area contributed by atoms with Gasteiger partial charge in [-0.05, 0) is 24.3 Å². The molecule has 2 aromatic rings. The summed E-state index contributed by atoms with van der Waals surface area (Å²) in [5.41, 5.74) is 10.8. The van der Waals surface area contributed by atoms with Crippen molar-refractivity contribution in [2.75, 3.05) is 0 Å². The van der Waals surface area contributed by atoms with Crippen LogP contribution in [0.4, 0.5) is 0 Å². The molecule has 3 amide bonds. The number of benzene rings is 1. The van der Waals surface area contributed by atoms with Crippen LogP contribution in [0.1, 0.15) is 10.4 Å². The first-order valence-electron chi connectivity index (χ1n) is 6.08. The lowest BCUT2D eigenvalue weighted by atomic mass is 10.2. The van der Waals surface area contributed by atoms with Crippen LogP contribution in [0.15, 0.2) is 36.7 Å². The predicted octanol–water partition coefficient (Wildman–Crippen LogP) is -0.405. The first-order chi connectivity index (χ1) is 10.4. The number of nitrogens with one attached hydrogen (secondary N) is 1. The van der Waals surface area contributed by atoms with Crippen molar-refractivity contribution in [2.45, 2.75) is 6.04 Å². The molecule has 0 aliphatic heterocycles. The third-order valence-corrected chi connectivity index (χ3v) is 3.03. The molecule has 0 unspecified atom stereocenters. The summed E-state index contributed by atoms with van der Waals surface area (Å²) in [6.45, 7) is 0. The number of halogens is 1.